The molecule has 1 aromatic heterocycles. The number of aryl methyl sites for hydroxylation is 1. The van der Waals surface area contributed by atoms with E-state index in [9.17, 15) is 5.11 Å². The molecule has 0 aliphatic heterocycles. The summed E-state index contributed by atoms with van der Waals surface area (Å²) in [7, 11) is 0. The molecule has 94 valence electrons. The van der Waals surface area contributed by atoms with Gasteiger partial charge in [0.05, 0.1) is 5.60 Å². The molecule has 0 aromatic carbocycles. The van der Waals surface area contributed by atoms with Crippen molar-refractivity contribution in [2.45, 2.75) is 58.0 Å². The number of aromatic nitrogens is 1. The minimum atomic E-state index is -0.622. The zero-order valence-electron chi connectivity index (χ0n) is 10.9. The summed E-state index contributed by atoms with van der Waals surface area (Å²) in [6.07, 6.45) is 10.3. The van der Waals surface area contributed by atoms with Gasteiger partial charge < -0.3 is 5.11 Å². The van der Waals surface area contributed by atoms with E-state index in [1.807, 2.05) is 19.3 Å². The van der Waals surface area contributed by atoms with Crippen molar-refractivity contribution in [2.24, 2.45) is 5.92 Å². The molecule has 0 spiro atoms. The van der Waals surface area contributed by atoms with Crippen LogP contribution in [0.2, 0.25) is 0 Å². The van der Waals surface area contributed by atoms with E-state index in [2.05, 4.69) is 18.0 Å². The summed E-state index contributed by atoms with van der Waals surface area (Å²) in [6.45, 7) is 4.27. The molecule has 1 aliphatic carbocycles. The van der Waals surface area contributed by atoms with Crippen LogP contribution in [-0.4, -0.2) is 10.1 Å². The lowest BCUT2D eigenvalue weighted by molar-refractivity contribution is -0.0155. The van der Waals surface area contributed by atoms with Crippen LogP contribution in [0.4, 0.5) is 0 Å². The van der Waals surface area contributed by atoms with Crippen molar-refractivity contribution in [2.75, 3.05) is 0 Å². The van der Waals surface area contributed by atoms with Gasteiger partial charge in [0.1, 0.15) is 0 Å². The van der Waals surface area contributed by atoms with Crippen LogP contribution in [0.15, 0.2) is 18.5 Å². The lowest BCUT2D eigenvalue weighted by atomic mass is 9.74. The van der Waals surface area contributed by atoms with Crippen molar-refractivity contribution in [3.05, 3.63) is 29.6 Å². The average molecular weight is 233 g/mol. The summed E-state index contributed by atoms with van der Waals surface area (Å²) in [4.78, 5) is 4.20. The monoisotopic (exact) mass is 233 g/mol. The van der Waals surface area contributed by atoms with E-state index in [-0.39, 0.29) is 0 Å². The van der Waals surface area contributed by atoms with E-state index in [0.717, 1.165) is 42.7 Å². The fraction of sp³-hybridized carbons (Fsp3) is 0.667. The highest BCUT2D eigenvalue weighted by Gasteiger charge is 2.34. The molecule has 17 heavy (non-hydrogen) atoms. The van der Waals surface area contributed by atoms with Crippen molar-refractivity contribution in [1.29, 1.82) is 0 Å². The van der Waals surface area contributed by atoms with Gasteiger partial charge in [-0.1, -0.05) is 25.8 Å². The van der Waals surface area contributed by atoms with Crippen molar-refractivity contribution < 1.29 is 5.11 Å². The van der Waals surface area contributed by atoms with Gasteiger partial charge in [-0.3, -0.25) is 4.98 Å². The molecule has 0 atom stereocenters. The van der Waals surface area contributed by atoms with Gasteiger partial charge in [-0.2, -0.15) is 0 Å². The predicted molar refractivity (Wildman–Crippen MR) is 69.7 cm³/mol. The summed E-state index contributed by atoms with van der Waals surface area (Å²) in [6, 6.07) is 2.08. The van der Waals surface area contributed by atoms with Crippen LogP contribution < -0.4 is 0 Å². The molecule has 1 saturated carbocycles. The number of hydrogen-bond donors (Lipinski definition) is 1. The van der Waals surface area contributed by atoms with Crippen LogP contribution in [0, 0.1) is 12.8 Å². The third kappa shape index (κ3) is 2.86. The normalized spacial score (nSPS) is 29.2. The molecule has 0 bridgehead atoms. The molecule has 2 nitrogen and oxygen atoms in total. The maximum Gasteiger partial charge on any atom is 0.0911 e. The molecule has 1 aromatic rings. The maximum atomic E-state index is 10.7. The van der Waals surface area contributed by atoms with E-state index in [4.69, 9.17) is 0 Å². The molecule has 0 unspecified atom stereocenters. The molecule has 2 rings (SSSR count). The van der Waals surface area contributed by atoms with E-state index in [1.165, 1.54) is 12.8 Å². The Labute approximate surface area is 104 Å². The molecular weight excluding hydrogens is 210 g/mol. The first-order chi connectivity index (χ1) is 8.14. The van der Waals surface area contributed by atoms with Gasteiger partial charge in [0.25, 0.3) is 0 Å². The molecule has 1 N–H and O–H groups in total. The second-order valence-electron chi connectivity index (χ2n) is 5.51. The summed E-state index contributed by atoms with van der Waals surface area (Å²) in [5.41, 5.74) is 1.52. The van der Waals surface area contributed by atoms with Gasteiger partial charge >= 0.3 is 0 Å². The second kappa shape index (κ2) is 5.18. The Kier molecular flexibility index (Phi) is 3.82. The Morgan fingerprint density at radius 1 is 1.35 bits per heavy atom. The first-order valence-electron chi connectivity index (χ1n) is 6.78. The van der Waals surface area contributed by atoms with E-state index < -0.39 is 5.60 Å². The fourth-order valence-electron chi connectivity index (χ4n) is 2.95. The second-order valence-corrected chi connectivity index (χ2v) is 5.51. The van der Waals surface area contributed by atoms with Gasteiger partial charge in [0.15, 0.2) is 0 Å². The third-order valence-electron chi connectivity index (χ3n) is 4.04. The highest BCUT2D eigenvalue weighted by atomic mass is 16.3. The fourth-order valence-corrected chi connectivity index (χ4v) is 2.95. The van der Waals surface area contributed by atoms with Gasteiger partial charge in [0.2, 0.25) is 0 Å². The number of hydrogen-bond acceptors (Lipinski definition) is 2. The predicted octanol–water partition coefficient (Wildman–Crippen LogP) is 3.57. The highest BCUT2D eigenvalue weighted by Crippen LogP contribution is 2.40. The van der Waals surface area contributed by atoms with Crippen molar-refractivity contribution in [3.8, 4) is 0 Å². The average Bonchev–Trinajstić information content (AvgIpc) is 2.33. The number of nitrogens with zero attached hydrogens (tertiary/aromatic N) is 1. The molecule has 1 heterocycles. The van der Waals surface area contributed by atoms with Gasteiger partial charge in [-0.15, -0.1) is 0 Å². The Morgan fingerprint density at radius 3 is 2.65 bits per heavy atom. The molecule has 0 saturated heterocycles. The molecular formula is C15H23NO. The largest absolute Gasteiger partial charge is 0.385 e. The molecule has 0 radical (unpaired) electrons. The first-order valence-corrected chi connectivity index (χ1v) is 6.78. The smallest absolute Gasteiger partial charge is 0.0911 e. The minimum absolute atomic E-state index is 0.622. The van der Waals surface area contributed by atoms with Gasteiger partial charge in [-0.25, -0.2) is 0 Å². The van der Waals surface area contributed by atoms with Crippen LogP contribution in [0.3, 0.4) is 0 Å². The van der Waals surface area contributed by atoms with E-state index >= 15 is 0 Å². The number of rotatable bonds is 3. The molecule has 1 aliphatic rings. The summed E-state index contributed by atoms with van der Waals surface area (Å²) >= 11 is 0. The molecule has 0 amide bonds. The Morgan fingerprint density at radius 2 is 2.06 bits per heavy atom. The van der Waals surface area contributed by atoms with Crippen LogP contribution in [0.1, 0.15) is 56.6 Å². The summed E-state index contributed by atoms with van der Waals surface area (Å²) in [5, 5.41) is 10.7. The lowest BCUT2D eigenvalue weighted by Gasteiger charge is -2.36. The molecule has 1 fully saturated rings. The minimum Gasteiger partial charge on any atom is -0.385 e. The highest BCUT2D eigenvalue weighted by molar-refractivity contribution is 5.23. The van der Waals surface area contributed by atoms with Crippen LogP contribution in [0.5, 0.6) is 0 Å². The zero-order valence-corrected chi connectivity index (χ0v) is 10.9. The third-order valence-corrected chi connectivity index (χ3v) is 4.04. The van der Waals surface area contributed by atoms with Crippen molar-refractivity contribution in [1.82, 2.24) is 4.98 Å². The zero-order chi connectivity index (χ0) is 12.3. The number of aliphatic hydroxyl groups is 1. The van der Waals surface area contributed by atoms with Crippen LogP contribution in [0.25, 0.3) is 0 Å². The van der Waals surface area contributed by atoms with Gasteiger partial charge in [0, 0.05) is 18.0 Å². The van der Waals surface area contributed by atoms with Crippen molar-refractivity contribution in [3.63, 3.8) is 0 Å². The SMILES string of the molecule is CCCC1CCC(O)(c2cncc(C)c2)CC1. The molecule has 2 heteroatoms. The van der Waals surface area contributed by atoms with E-state index in [0.29, 0.717) is 0 Å². The first kappa shape index (κ1) is 12.6. The van der Waals surface area contributed by atoms with Crippen LogP contribution >= 0.6 is 0 Å². The van der Waals surface area contributed by atoms with Crippen molar-refractivity contribution >= 4 is 0 Å². The maximum absolute atomic E-state index is 10.7. The Hall–Kier alpha value is -0.890. The number of pyridine rings is 1. The Balaban J connectivity index is 2.06. The standard InChI is InChI=1S/C15H23NO/c1-3-4-13-5-7-15(17,8-6-13)14-9-12(2)10-16-11-14/h9-11,13,17H,3-8H2,1-2H3. The quantitative estimate of drug-likeness (QED) is 0.865. The topological polar surface area (TPSA) is 33.1 Å². The van der Waals surface area contributed by atoms with Crippen LogP contribution in [-0.2, 0) is 5.60 Å². The summed E-state index contributed by atoms with van der Waals surface area (Å²) in [5.74, 6) is 0.818. The Bertz CT molecular complexity index is 367. The van der Waals surface area contributed by atoms with E-state index in [1.54, 1.807) is 0 Å². The summed E-state index contributed by atoms with van der Waals surface area (Å²) < 4.78 is 0. The lowest BCUT2D eigenvalue weighted by Crippen LogP contribution is -2.31. The van der Waals surface area contributed by atoms with Gasteiger partial charge in [-0.05, 0) is 44.1 Å².